The van der Waals surface area contributed by atoms with E-state index in [0.717, 1.165) is 27.9 Å². The number of carbonyl (C=O) groups is 2. The van der Waals surface area contributed by atoms with Crippen LogP contribution in [0.2, 0.25) is 0 Å². The average molecular weight is 337 g/mol. The number of aryl methyl sites for hydroxylation is 3. The maximum absolute atomic E-state index is 12.1. The molecule has 0 saturated heterocycles. The second-order valence-corrected chi connectivity index (χ2v) is 6.03. The summed E-state index contributed by atoms with van der Waals surface area (Å²) in [5.74, 6) is -0.475. The van der Waals surface area contributed by atoms with Crippen LogP contribution < -0.4 is 10.7 Å². The summed E-state index contributed by atoms with van der Waals surface area (Å²) in [7, 11) is 0. The lowest BCUT2D eigenvalue weighted by atomic mass is 10.0. The number of nitrogens with one attached hydrogen (secondary N) is 2. The predicted octanol–water partition coefficient (Wildman–Crippen LogP) is 3.48. The van der Waals surface area contributed by atoms with Crippen molar-refractivity contribution in [3.63, 3.8) is 0 Å². The Labute approximate surface area is 148 Å². The smallest absolute Gasteiger partial charge is 0.240 e. The van der Waals surface area contributed by atoms with Crippen molar-refractivity contribution in [2.75, 3.05) is 5.32 Å². The molecule has 0 aliphatic rings. The van der Waals surface area contributed by atoms with Crippen molar-refractivity contribution in [2.24, 2.45) is 5.10 Å². The van der Waals surface area contributed by atoms with Gasteiger partial charge in [0.1, 0.15) is 0 Å². The molecule has 5 heteroatoms. The van der Waals surface area contributed by atoms with Gasteiger partial charge >= 0.3 is 0 Å². The van der Waals surface area contributed by atoms with Gasteiger partial charge in [0.15, 0.2) is 0 Å². The molecule has 2 aromatic rings. The standard InChI is InChI=1S/C20H23N3O2/c1-14-11-15(2)20(16(3)12-14)22-18(24)9-10-19(25)23-21-13-17-7-5-4-6-8-17/h4-8,11-13H,9-10H2,1-3H3,(H,22,24)(H,23,25)/b21-13-. The molecule has 0 aliphatic carbocycles. The molecule has 0 fully saturated rings. The molecule has 0 spiro atoms. The number of hydrogen-bond donors (Lipinski definition) is 2. The first-order chi connectivity index (χ1) is 12.0. The molecule has 2 N–H and O–H groups in total. The molecular formula is C20H23N3O2. The Balaban J connectivity index is 1.80. The third-order valence-electron chi connectivity index (χ3n) is 3.72. The van der Waals surface area contributed by atoms with Gasteiger partial charge < -0.3 is 5.32 Å². The second-order valence-electron chi connectivity index (χ2n) is 6.03. The third-order valence-corrected chi connectivity index (χ3v) is 3.72. The minimum atomic E-state index is -0.292. The number of hydrazone groups is 1. The van der Waals surface area contributed by atoms with Crippen molar-refractivity contribution in [1.82, 2.24) is 5.43 Å². The first kappa shape index (κ1) is 18.4. The van der Waals surface area contributed by atoms with E-state index >= 15 is 0 Å². The molecule has 5 nitrogen and oxygen atoms in total. The van der Waals surface area contributed by atoms with Gasteiger partial charge in [-0.15, -0.1) is 0 Å². The molecule has 0 aromatic heterocycles. The highest BCUT2D eigenvalue weighted by Crippen LogP contribution is 2.22. The van der Waals surface area contributed by atoms with E-state index < -0.39 is 0 Å². The summed E-state index contributed by atoms with van der Waals surface area (Å²) < 4.78 is 0. The summed E-state index contributed by atoms with van der Waals surface area (Å²) in [6.07, 6.45) is 1.76. The topological polar surface area (TPSA) is 70.6 Å². The summed E-state index contributed by atoms with van der Waals surface area (Å²) >= 11 is 0. The molecule has 2 amide bonds. The number of nitrogens with zero attached hydrogens (tertiary/aromatic N) is 1. The number of carbonyl (C=O) groups excluding carboxylic acids is 2. The van der Waals surface area contributed by atoms with Crippen LogP contribution in [-0.2, 0) is 9.59 Å². The molecule has 2 aromatic carbocycles. The van der Waals surface area contributed by atoms with Gasteiger partial charge in [-0.1, -0.05) is 48.0 Å². The SMILES string of the molecule is Cc1cc(C)c(NC(=O)CCC(=O)N/N=C\c2ccccc2)c(C)c1. The molecule has 0 bridgehead atoms. The highest BCUT2D eigenvalue weighted by Gasteiger charge is 2.10. The second kappa shape index (κ2) is 8.78. The number of anilines is 1. The van der Waals surface area contributed by atoms with E-state index in [1.165, 1.54) is 0 Å². The molecule has 0 unspecified atom stereocenters. The van der Waals surface area contributed by atoms with Crippen LogP contribution in [0.15, 0.2) is 47.6 Å². The molecule has 2 rings (SSSR count). The minimum absolute atomic E-state index is 0.0852. The summed E-state index contributed by atoms with van der Waals surface area (Å²) in [4.78, 5) is 23.8. The van der Waals surface area contributed by atoms with Crippen LogP contribution in [0.25, 0.3) is 0 Å². The summed E-state index contributed by atoms with van der Waals surface area (Å²) in [5.41, 5.74) is 7.33. The van der Waals surface area contributed by atoms with Crippen LogP contribution in [0, 0.1) is 20.8 Å². The van der Waals surface area contributed by atoms with Crippen molar-refractivity contribution in [3.8, 4) is 0 Å². The van der Waals surface area contributed by atoms with Crippen molar-refractivity contribution in [3.05, 3.63) is 64.7 Å². The Kier molecular flexibility index (Phi) is 6.46. The number of amides is 2. The minimum Gasteiger partial charge on any atom is -0.326 e. The van der Waals surface area contributed by atoms with Gasteiger partial charge in [0.2, 0.25) is 11.8 Å². The quantitative estimate of drug-likeness (QED) is 0.626. The highest BCUT2D eigenvalue weighted by molar-refractivity contribution is 5.94. The number of benzene rings is 2. The molecular weight excluding hydrogens is 314 g/mol. The van der Waals surface area contributed by atoms with E-state index in [-0.39, 0.29) is 24.7 Å². The molecule has 0 heterocycles. The summed E-state index contributed by atoms with van der Waals surface area (Å²) in [6.45, 7) is 5.94. The van der Waals surface area contributed by atoms with Crippen LogP contribution in [0.3, 0.4) is 0 Å². The van der Waals surface area contributed by atoms with E-state index in [2.05, 4.69) is 15.8 Å². The van der Waals surface area contributed by atoms with Crippen molar-refractivity contribution in [1.29, 1.82) is 0 Å². The lowest BCUT2D eigenvalue weighted by molar-refractivity contribution is -0.124. The molecule has 0 aliphatic heterocycles. The summed E-state index contributed by atoms with van der Waals surface area (Å²) in [6, 6.07) is 13.5. The van der Waals surface area contributed by atoms with Gasteiger partial charge in [-0.05, 0) is 37.5 Å². The zero-order valence-electron chi connectivity index (χ0n) is 14.8. The van der Waals surface area contributed by atoms with Crippen LogP contribution in [0.1, 0.15) is 35.1 Å². The first-order valence-electron chi connectivity index (χ1n) is 8.20. The van der Waals surface area contributed by atoms with Gasteiger partial charge in [0.05, 0.1) is 6.21 Å². The van der Waals surface area contributed by atoms with E-state index in [9.17, 15) is 9.59 Å². The lowest BCUT2D eigenvalue weighted by Crippen LogP contribution is -2.21. The maximum atomic E-state index is 12.1. The zero-order chi connectivity index (χ0) is 18.2. The van der Waals surface area contributed by atoms with E-state index in [4.69, 9.17) is 0 Å². The van der Waals surface area contributed by atoms with Gasteiger partial charge in [-0.3, -0.25) is 9.59 Å². The van der Waals surface area contributed by atoms with Gasteiger partial charge in [0.25, 0.3) is 0 Å². The predicted molar refractivity (Wildman–Crippen MR) is 101 cm³/mol. The normalized spacial score (nSPS) is 10.7. The summed E-state index contributed by atoms with van der Waals surface area (Å²) in [5, 5.41) is 6.77. The van der Waals surface area contributed by atoms with E-state index in [1.54, 1.807) is 6.21 Å². The van der Waals surface area contributed by atoms with Gasteiger partial charge in [-0.25, -0.2) is 5.43 Å². The molecule has 130 valence electrons. The fourth-order valence-electron chi connectivity index (χ4n) is 2.58. The van der Waals surface area contributed by atoms with Gasteiger partial charge in [-0.2, -0.15) is 5.10 Å². The number of hydrogen-bond acceptors (Lipinski definition) is 3. The Morgan fingerprint density at radius 3 is 2.20 bits per heavy atom. The maximum Gasteiger partial charge on any atom is 0.240 e. The molecule has 25 heavy (non-hydrogen) atoms. The van der Waals surface area contributed by atoms with Crippen molar-refractivity contribution < 1.29 is 9.59 Å². The van der Waals surface area contributed by atoms with E-state index in [1.807, 2.05) is 63.2 Å². The fourth-order valence-corrected chi connectivity index (χ4v) is 2.58. The van der Waals surface area contributed by atoms with Crippen LogP contribution >= 0.6 is 0 Å². The Hall–Kier alpha value is -2.95. The zero-order valence-corrected chi connectivity index (χ0v) is 14.8. The van der Waals surface area contributed by atoms with Crippen molar-refractivity contribution >= 4 is 23.7 Å². The third kappa shape index (κ3) is 5.88. The Bertz CT molecular complexity index is 760. The first-order valence-corrected chi connectivity index (χ1v) is 8.20. The molecule has 0 radical (unpaired) electrons. The van der Waals surface area contributed by atoms with Crippen molar-refractivity contribution in [2.45, 2.75) is 33.6 Å². The Morgan fingerprint density at radius 2 is 1.56 bits per heavy atom. The molecule has 0 saturated carbocycles. The molecule has 0 atom stereocenters. The van der Waals surface area contributed by atoms with Crippen LogP contribution in [0.4, 0.5) is 5.69 Å². The number of rotatable bonds is 6. The monoisotopic (exact) mass is 337 g/mol. The van der Waals surface area contributed by atoms with E-state index in [0.29, 0.717) is 0 Å². The van der Waals surface area contributed by atoms with Crippen LogP contribution in [0.5, 0.6) is 0 Å². The average Bonchev–Trinajstić information content (AvgIpc) is 2.57. The van der Waals surface area contributed by atoms with Gasteiger partial charge in [0, 0.05) is 18.5 Å². The highest BCUT2D eigenvalue weighted by atomic mass is 16.2. The van der Waals surface area contributed by atoms with Crippen LogP contribution in [-0.4, -0.2) is 18.0 Å². The Morgan fingerprint density at radius 1 is 0.960 bits per heavy atom. The lowest BCUT2D eigenvalue weighted by Gasteiger charge is -2.12. The fraction of sp³-hybridized carbons (Fsp3) is 0.250. The largest absolute Gasteiger partial charge is 0.326 e.